The van der Waals surface area contributed by atoms with Crippen LogP contribution in [0.3, 0.4) is 0 Å². The van der Waals surface area contributed by atoms with E-state index < -0.39 is 0 Å². The zero-order chi connectivity index (χ0) is 14.5. The van der Waals surface area contributed by atoms with Crippen LogP contribution in [0.25, 0.3) is 10.8 Å². The van der Waals surface area contributed by atoms with E-state index in [2.05, 4.69) is 0 Å². The lowest BCUT2D eigenvalue weighted by atomic mass is 10.0. The molecule has 0 heterocycles. The van der Waals surface area contributed by atoms with Crippen molar-refractivity contribution in [3.63, 3.8) is 0 Å². The minimum Gasteiger partial charge on any atom is -0.493 e. The Bertz CT molecular complexity index is 603. The quantitative estimate of drug-likeness (QED) is 0.829. The Morgan fingerprint density at radius 3 is 2.40 bits per heavy atom. The summed E-state index contributed by atoms with van der Waals surface area (Å²) in [7, 11) is 0. The van der Waals surface area contributed by atoms with Crippen LogP contribution in [0.5, 0.6) is 5.75 Å². The molecule has 2 aromatic rings. The average molecular weight is 271 g/mol. The highest BCUT2D eigenvalue weighted by Crippen LogP contribution is 2.29. The van der Waals surface area contributed by atoms with Crippen molar-refractivity contribution in [2.45, 2.75) is 20.8 Å². The fourth-order valence-electron chi connectivity index (χ4n) is 2.42. The first kappa shape index (κ1) is 14.4. The largest absolute Gasteiger partial charge is 0.493 e. The van der Waals surface area contributed by atoms with Crippen LogP contribution in [-0.4, -0.2) is 30.5 Å². The third-order valence-electron chi connectivity index (χ3n) is 3.46. The van der Waals surface area contributed by atoms with Crippen LogP contribution in [0.1, 0.15) is 31.1 Å². The summed E-state index contributed by atoms with van der Waals surface area (Å²) in [5, 5.41) is 2.02. The molecule has 0 saturated carbocycles. The summed E-state index contributed by atoms with van der Waals surface area (Å²) in [5.41, 5.74) is 0.675. The maximum atomic E-state index is 12.8. The van der Waals surface area contributed by atoms with Crippen LogP contribution in [0.15, 0.2) is 36.4 Å². The minimum absolute atomic E-state index is 0.0373. The molecule has 0 atom stereocenters. The van der Waals surface area contributed by atoms with Crippen molar-refractivity contribution in [2.75, 3.05) is 19.7 Å². The second-order valence-electron chi connectivity index (χ2n) is 4.57. The summed E-state index contributed by atoms with van der Waals surface area (Å²) in [6, 6.07) is 11.8. The molecular weight excluding hydrogens is 250 g/mol. The molecule has 3 nitrogen and oxygen atoms in total. The van der Waals surface area contributed by atoms with E-state index in [0.717, 1.165) is 10.8 Å². The molecule has 2 aromatic carbocycles. The summed E-state index contributed by atoms with van der Waals surface area (Å²) in [4.78, 5) is 14.6. The third kappa shape index (κ3) is 2.62. The summed E-state index contributed by atoms with van der Waals surface area (Å²) < 4.78 is 5.66. The number of fused-ring (bicyclic) bond motifs is 1. The third-order valence-corrected chi connectivity index (χ3v) is 3.46. The van der Waals surface area contributed by atoms with Gasteiger partial charge >= 0.3 is 0 Å². The van der Waals surface area contributed by atoms with E-state index >= 15 is 0 Å². The molecule has 0 aromatic heterocycles. The Balaban J connectivity index is 2.63. The SMILES string of the molecule is CCOc1ccc2ccccc2c1C(=O)N(CC)CC. The first-order valence-electron chi connectivity index (χ1n) is 7.16. The fourth-order valence-corrected chi connectivity index (χ4v) is 2.42. The summed E-state index contributed by atoms with van der Waals surface area (Å²) in [6.45, 7) is 7.87. The minimum atomic E-state index is 0.0373. The molecule has 0 aliphatic rings. The van der Waals surface area contributed by atoms with Gasteiger partial charge in [0.2, 0.25) is 0 Å². The zero-order valence-electron chi connectivity index (χ0n) is 12.3. The molecule has 0 radical (unpaired) electrons. The number of amides is 1. The predicted molar refractivity (Wildman–Crippen MR) is 82.4 cm³/mol. The molecule has 0 spiro atoms. The van der Waals surface area contributed by atoms with Crippen LogP contribution >= 0.6 is 0 Å². The molecule has 0 N–H and O–H groups in total. The van der Waals surface area contributed by atoms with Crippen molar-refractivity contribution in [1.82, 2.24) is 4.90 Å². The van der Waals surface area contributed by atoms with Gasteiger partial charge in [-0.25, -0.2) is 0 Å². The summed E-state index contributed by atoms with van der Waals surface area (Å²) in [6.07, 6.45) is 0. The zero-order valence-corrected chi connectivity index (χ0v) is 12.3. The number of hydrogen-bond acceptors (Lipinski definition) is 2. The molecule has 0 aliphatic heterocycles. The van der Waals surface area contributed by atoms with Crippen LogP contribution in [0, 0.1) is 0 Å². The van der Waals surface area contributed by atoms with Gasteiger partial charge in [0.25, 0.3) is 5.91 Å². The second-order valence-corrected chi connectivity index (χ2v) is 4.57. The number of rotatable bonds is 5. The molecular formula is C17H21NO2. The molecule has 20 heavy (non-hydrogen) atoms. The van der Waals surface area contributed by atoms with E-state index in [0.29, 0.717) is 31.0 Å². The maximum Gasteiger partial charge on any atom is 0.258 e. The van der Waals surface area contributed by atoms with Gasteiger partial charge in [-0.1, -0.05) is 30.3 Å². The lowest BCUT2D eigenvalue weighted by Crippen LogP contribution is -2.31. The molecule has 106 valence electrons. The van der Waals surface area contributed by atoms with Gasteiger partial charge in [0, 0.05) is 13.1 Å². The van der Waals surface area contributed by atoms with Crippen LogP contribution in [0.2, 0.25) is 0 Å². The van der Waals surface area contributed by atoms with Crippen molar-refractivity contribution in [3.8, 4) is 5.75 Å². The smallest absolute Gasteiger partial charge is 0.258 e. The van der Waals surface area contributed by atoms with Crippen molar-refractivity contribution in [2.24, 2.45) is 0 Å². The number of carbonyl (C=O) groups excluding carboxylic acids is 1. The van der Waals surface area contributed by atoms with Crippen LogP contribution < -0.4 is 4.74 Å². The molecule has 0 saturated heterocycles. The van der Waals surface area contributed by atoms with E-state index in [-0.39, 0.29) is 5.91 Å². The summed E-state index contributed by atoms with van der Waals surface area (Å²) >= 11 is 0. The van der Waals surface area contributed by atoms with E-state index in [4.69, 9.17) is 4.74 Å². The van der Waals surface area contributed by atoms with E-state index in [9.17, 15) is 4.79 Å². The molecule has 1 amide bonds. The van der Waals surface area contributed by atoms with Crippen molar-refractivity contribution in [3.05, 3.63) is 42.0 Å². The molecule has 3 heteroatoms. The topological polar surface area (TPSA) is 29.5 Å². The highest BCUT2D eigenvalue weighted by molar-refractivity contribution is 6.09. The highest BCUT2D eigenvalue weighted by Gasteiger charge is 2.20. The van der Waals surface area contributed by atoms with E-state index in [1.54, 1.807) is 0 Å². The number of ether oxygens (including phenoxy) is 1. The van der Waals surface area contributed by atoms with Gasteiger partial charge in [-0.15, -0.1) is 0 Å². The van der Waals surface area contributed by atoms with Crippen LogP contribution in [-0.2, 0) is 0 Å². The van der Waals surface area contributed by atoms with Gasteiger partial charge in [-0.2, -0.15) is 0 Å². The van der Waals surface area contributed by atoms with Gasteiger partial charge in [0.1, 0.15) is 5.75 Å². The number of hydrogen-bond donors (Lipinski definition) is 0. The van der Waals surface area contributed by atoms with Gasteiger partial charge in [0.15, 0.2) is 0 Å². The second kappa shape index (κ2) is 6.42. The van der Waals surface area contributed by atoms with E-state index in [1.807, 2.05) is 62.1 Å². The predicted octanol–water partition coefficient (Wildman–Crippen LogP) is 3.72. The standard InChI is InChI=1S/C17H21NO2/c1-4-18(5-2)17(19)16-14-10-8-7-9-13(14)11-12-15(16)20-6-3/h7-12H,4-6H2,1-3H3. The van der Waals surface area contributed by atoms with Gasteiger partial charge in [-0.05, 0) is 37.6 Å². The summed E-state index contributed by atoms with van der Waals surface area (Å²) in [5.74, 6) is 0.707. The highest BCUT2D eigenvalue weighted by atomic mass is 16.5. The molecule has 0 fully saturated rings. The molecule has 0 unspecified atom stereocenters. The lowest BCUT2D eigenvalue weighted by molar-refractivity contribution is 0.0771. The van der Waals surface area contributed by atoms with E-state index in [1.165, 1.54) is 0 Å². The van der Waals surface area contributed by atoms with Crippen molar-refractivity contribution < 1.29 is 9.53 Å². The number of benzene rings is 2. The van der Waals surface area contributed by atoms with Crippen LogP contribution in [0.4, 0.5) is 0 Å². The van der Waals surface area contributed by atoms with Gasteiger partial charge in [0.05, 0.1) is 12.2 Å². The molecule has 0 aliphatic carbocycles. The average Bonchev–Trinajstić information content (AvgIpc) is 2.48. The first-order valence-corrected chi connectivity index (χ1v) is 7.16. The fraction of sp³-hybridized carbons (Fsp3) is 0.353. The lowest BCUT2D eigenvalue weighted by Gasteiger charge is -2.21. The number of nitrogens with zero attached hydrogens (tertiary/aromatic N) is 1. The van der Waals surface area contributed by atoms with Gasteiger partial charge in [-0.3, -0.25) is 4.79 Å². The Labute approximate surface area is 120 Å². The molecule has 2 rings (SSSR count). The monoisotopic (exact) mass is 271 g/mol. The van der Waals surface area contributed by atoms with Crippen molar-refractivity contribution >= 4 is 16.7 Å². The van der Waals surface area contributed by atoms with Crippen molar-refractivity contribution in [1.29, 1.82) is 0 Å². The Kier molecular flexibility index (Phi) is 4.61. The Hall–Kier alpha value is -2.03. The maximum absolute atomic E-state index is 12.8. The first-order chi connectivity index (χ1) is 9.72. The molecule has 0 bridgehead atoms. The Morgan fingerprint density at radius 1 is 1.05 bits per heavy atom. The van der Waals surface area contributed by atoms with Gasteiger partial charge < -0.3 is 9.64 Å². The normalized spacial score (nSPS) is 10.6. The number of carbonyl (C=O) groups is 1. The Morgan fingerprint density at radius 2 is 1.75 bits per heavy atom.